The monoisotopic (exact) mass is 371 g/mol. The van der Waals surface area contributed by atoms with Gasteiger partial charge >= 0.3 is 0 Å². The summed E-state index contributed by atoms with van der Waals surface area (Å²) in [6.45, 7) is 3.13. The molecule has 0 radical (unpaired) electrons. The van der Waals surface area contributed by atoms with E-state index in [0.29, 0.717) is 0 Å². The third kappa shape index (κ3) is 4.04. The summed E-state index contributed by atoms with van der Waals surface area (Å²) in [5.41, 5.74) is 3.41. The van der Waals surface area contributed by atoms with Crippen LogP contribution in [0.3, 0.4) is 0 Å². The van der Waals surface area contributed by atoms with Gasteiger partial charge < -0.3 is 9.88 Å². The van der Waals surface area contributed by atoms with Crippen LogP contribution in [0.4, 0.5) is 10.8 Å². The van der Waals surface area contributed by atoms with E-state index >= 15 is 0 Å². The predicted molar refractivity (Wildman–Crippen MR) is 104 cm³/mol. The predicted octanol–water partition coefficient (Wildman–Crippen LogP) is 4.81. The normalized spacial score (nSPS) is 14.1. The molecule has 1 aliphatic rings. The minimum absolute atomic E-state index is 0.824. The number of anilines is 2. The van der Waals surface area contributed by atoms with Crippen molar-refractivity contribution in [3.05, 3.63) is 46.7 Å². The molecule has 0 fully saturated rings. The standard InChI is InChI=1S/C18H21N5S2/c1-13-6-8-14(9-7-13)19-17-20-15(11-24-17)12-25-18-22-21-16-5-3-2-4-10-23(16)18/h6-9,11H,2-5,10,12H2,1H3,(H,19,20). The average Bonchev–Trinajstić information content (AvgIpc) is 3.15. The molecule has 1 N–H and O–H groups in total. The molecule has 7 heteroatoms. The second kappa shape index (κ2) is 7.58. The number of aromatic nitrogens is 4. The van der Waals surface area contributed by atoms with Crippen LogP contribution in [0, 0.1) is 6.92 Å². The molecule has 1 aliphatic heterocycles. The smallest absolute Gasteiger partial charge is 0.191 e. The quantitative estimate of drug-likeness (QED) is 0.653. The third-order valence-electron chi connectivity index (χ3n) is 4.28. The number of hydrogen-bond acceptors (Lipinski definition) is 6. The Morgan fingerprint density at radius 3 is 2.92 bits per heavy atom. The van der Waals surface area contributed by atoms with Crippen molar-refractivity contribution in [2.24, 2.45) is 0 Å². The minimum atomic E-state index is 0.824. The molecule has 25 heavy (non-hydrogen) atoms. The topological polar surface area (TPSA) is 55.6 Å². The van der Waals surface area contributed by atoms with Crippen LogP contribution in [0.2, 0.25) is 0 Å². The van der Waals surface area contributed by atoms with E-state index in [1.165, 1.54) is 24.8 Å². The Hall–Kier alpha value is -1.86. The number of fused-ring (bicyclic) bond motifs is 1. The molecule has 0 aliphatic carbocycles. The van der Waals surface area contributed by atoms with Crippen LogP contribution >= 0.6 is 23.1 Å². The van der Waals surface area contributed by atoms with Crippen LogP contribution in [0.1, 0.15) is 36.3 Å². The van der Waals surface area contributed by atoms with E-state index in [9.17, 15) is 0 Å². The number of hydrogen-bond donors (Lipinski definition) is 1. The van der Waals surface area contributed by atoms with Gasteiger partial charge in [-0.2, -0.15) is 0 Å². The zero-order valence-corrected chi connectivity index (χ0v) is 15.9. The molecular formula is C18H21N5S2. The van der Waals surface area contributed by atoms with Crippen LogP contribution in [-0.2, 0) is 18.7 Å². The zero-order valence-electron chi connectivity index (χ0n) is 14.2. The van der Waals surface area contributed by atoms with Crippen molar-refractivity contribution >= 4 is 33.9 Å². The maximum absolute atomic E-state index is 4.69. The Morgan fingerprint density at radius 1 is 1.16 bits per heavy atom. The molecule has 5 nitrogen and oxygen atoms in total. The summed E-state index contributed by atoms with van der Waals surface area (Å²) in [5, 5.41) is 16.2. The summed E-state index contributed by atoms with van der Waals surface area (Å²) < 4.78 is 2.29. The van der Waals surface area contributed by atoms with E-state index in [0.717, 1.165) is 46.2 Å². The van der Waals surface area contributed by atoms with Crippen LogP contribution in [0.15, 0.2) is 34.8 Å². The Kier molecular flexibility index (Phi) is 5.03. The number of thioether (sulfide) groups is 1. The van der Waals surface area contributed by atoms with Crippen molar-refractivity contribution in [2.45, 2.75) is 50.1 Å². The molecule has 0 unspecified atom stereocenters. The summed E-state index contributed by atoms with van der Waals surface area (Å²) in [6.07, 6.45) is 4.78. The Balaban J connectivity index is 1.38. The summed E-state index contributed by atoms with van der Waals surface area (Å²) in [5.74, 6) is 1.96. The van der Waals surface area contributed by atoms with Gasteiger partial charge in [0.1, 0.15) is 5.82 Å². The van der Waals surface area contributed by atoms with Crippen molar-refractivity contribution in [1.82, 2.24) is 19.7 Å². The fourth-order valence-electron chi connectivity index (χ4n) is 2.89. The number of aryl methyl sites for hydroxylation is 2. The molecule has 0 saturated carbocycles. The van der Waals surface area contributed by atoms with E-state index in [1.54, 1.807) is 23.1 Å². The Morgan fingerprint density at radius 2 is 2.04 bits per heavy atom. The molecular weight excluding hydrogens is 350 g/mol. The molecule has 0 amide bonds. The van der Waals surface area contributed by atoms with Crippen molar-refractivity contribution in [1.29, 1.82) is 0 Å². The molecule has 3 heterocycles. The van der Waals surface area contributed by atoms with Gasteiger partial charge in [-0.15, -0.1) is 21.5 Å². The van der Waals surface area contributed by atoms with Gasteiger partial charge in [0, 0.05) is 29.8 Å². The highest BCUT2D eigenvalue weighted by atomic mass is 32.2. The van der Waals surface area contributed by atoms with Gasteiger partial charge in [0.25, 0.3) is 0 Å². The third-order valence-corrected chi connectivity index (χ3v) is 6.09. The van der Waals surface area contributed by atoms with Gasteiger partial charge in [-0.1, -0.05) is 35.9 Å². The number of benzene rings is 1. The molecule has 2 aromatic heterocycles. The minimum Gasteiger partial charge on any atom is -0.332 e. The Bertz CT molecular complexity index is 838. The SMILES string of the molecule is Cc1ccc(Nc2nc(CSc3nnc4n3CCCCC4)cs2)cc1. The number of nitrogens with one attached hydrogen (secondary N) is 1. The fourth-order valence-corrected chi connectivity index (χ4v) is 4.61. The Labute approximate surface area is 155 Å². The van der Waals surface area contributed by atoms with Crippen molar-refractivity contribution in [3.8, 4) is 0 Å². The summed E-state index contributed by atoms with van der Waals surface area (Å²) in [6, 6.07) is 8.36. The first-order valence-corrected chi connectivity index (χ1v) is 10.5. The second-order valence-electron chi connectivity index (χ2n) is 6.28. The van der Waals surface area contributed by atoms with Gasteiger partial charge in [0.05, 0.1) is 5.69 Å². The maximum Gasteiger partial charge on any atom is 0.191 e. The first-order valence-electron chi connectivity index (χ1n) is 8.61. The van der Waals surface area contributed by atoms with E-state index in [-0.39, 0.29) is 0 Å². The largest absolute Gasteiger partial charge is 0.332 e. The van der Waals surface area contributed by atoms with Crippen LogP contribution in [-0.4, -0.2) is 19.7 Å². The lowest BCUT2D eigenvalue weighted by molar-refractivity contribution is 0.591. The molecule has 0 spiro atoms. The number of rotatable bonds is 5. The number of thiazole rings is 1. The van der Waals surface area contributed by atoms with E-state index in [4.69, 9.17) is 0 Å². The van der Waals surface area contributed by atoms with Crippen LogP contribution in [0.5, 0.6) is 0 Å². The van der Waals surface area contributed by atoms with Gasteiger partial charge in [-0.25, -0.2) is 4.98 Å². The van der Waals surface area contributed by atoms with E-state index < -0.39 is 0 Å². The number of nitrogens with zero attached hydrogens (tertiary/aromatic N) is 4. The molecule has 0 saturated heterocycles. The van der Waals surface area contributed by atoms with E-state index in [2.05, 4.69) is 61.6 Å². The van der Waals surface area contributed by atoms with Crippen molar-refractivity contribution in [3.63, 3.8) is 0 Å². The van der Waals surface area contributed by atoms with Crippen molar-refractivity contribution in [2.75, 3.05) is 5.32 Å². The summed E-state index contributed by atoms with van der Waals surface area (Å²) >= 11 is 3.37. The van der Waals surface area contributed by atoms with Gasteiger partial charge in [0.15, 0.2) is 10.3 Å². The molecule has 3 aromatic rings. The fraction of sp³-hybridized carbons (Fsp3) is 0.389. The molecule has 0 atom stereocenters. The average molecular weight is 372 g/mol. The first-order chi connectivity index (χ1) is 12.3. The molecule has 4 rings (SSSR count). The molecule has 1 aromatic carbocycles. The molecule has 130 valence electrons. The lowest BCUT2D eigenvalue weighted by atomic mass is 10.2. The highest BCUT2D eigenvalue weighted by Crippen LogP contribution is 2.27. The van der Waals surface area contributed by atoms with Crippen LogP contribution < -0.4 is 5.32 Å². The van der Waals surface area contributed by atoms with Crippen molar-refractivity contribution < 1.29 is 0 Å². The second-order valence-corrected chi connectivity index (χ2v) is 8.09. The lowest BCUT2D eigenvalue weighted by Gasteiger charge is -2.05. The molecule has 0 bridgehead atoms. The zero-order chi connectivity index (χ0) is 17.1. The highest BCUT2D eigenvalue weighted by molar-refractivity contribution is 7.98. The maximum atomic E-state index is 4.69. The van der Waals surface area contributed by atoms with Crippen LogP contribution in [0.25, 0.3) is 0 Å². The summed E-state index contributed by atoms with van der Waals surface area (Å²) in [4.78, 5) is 4.69. The van der Waals surface area contributed by atoms with Gasteiger partial charge in [-0.3, -0.25) is 0 Å². The lowest BCUT2D eigenvalue weighted by Crippen LogP contribution is -2.02. The first kappa shape index (κ1) is 16.6. The van der Waals surface area contributed by atoms with Gasteiger partial charge in [0.2, 0.25) is 0 Å². The highest BCUT2D eigenvalue weighted by Gasteiger charge is 2.15. The summed E-state index contributed by atoms with van der Waals surface area (Å²) in [7, 11) is 0. The van der Waals surface area contributed by atoms with E-state index in [1.807, 2.05) is 0 Å². The van der Waals surface area contributed by atoms with Gasteiger partial charge in [-0.05, 0) is 31.9 Å².